The average molecular weight is 295 g/mol. The third-order valence-electron chi connectivity index (χ3n) is 3.74. The molecule has 0 radical (unpaired) electrons. The van der Waals surface area contributed by atoms with Crippen molar-refractivity contribution in [3.8, 4) is 5.75 Å². The van der Waals surface area contributed by atoms with Gasteiger partial charge >= 0.3 is 5.97 Å². The van der Waals surface area contributed by atoms with E-state index >= 15 is 0 Å². The van der Waals surface area contributed by atoms with E-state index in [0.29, 0.717) is 25.5 Å². The summed E-state index contributed by atoms with van der Waals surface area (Å²) in [6.07, 6.45) is 4.07. The van der Waals surface area contributed by atoms with Crippen LogP contribution >= 0.6 is 0 Å². The summed E-state index contributed by atoms with van der Waals surface area (Å²) in [7, 11) is 0. The number of hydrogen-bond donors (Lipinski definition) is 2. The Hall–Kier alpha value is -1.62. The molecular formula is C16H22FNO3. The molecule has 4 nitrogen and oxygen atoms in total. The van der Waals surface area contributed by atoms with Crippen LogP contribution in [0.3, 0.4) is 0 Å². The van der Waals surface area contributed by atoms with E-state index in [0.717, 1.165) is 19.3 Å². The quantitative estimate of drug-likeness (QED) is 0.688. The number of nitrogens with one attached hydrogen (secondary N) is 1. The molecule has 0 bridgehead atoms. The molecule has 116 valence electrons. The maximum atomic E-state index is 13.3. The minimum Gasteiger partial charge on any atom is -0.491 e. The zero-order valence-electron chi connectivity index (χ0n) is 12.3. The molecule has 1 aromatic carbocycles. The van der Waals surface area contributed by atoms with Gasteiger partial charge < -0.3 is 9.84 Å². The van der Waals surface area contributed by atoms with E-state index in [9.17, 15) is 14.3 Å². The fraction of sp³-hybridized carbons (Fsp3) is 0.562. The lowest BCUT2D eigenvalue weighted by Crippen LogP contribution is -2.50. The molecule has 0 aromatic heterocycles. The molecule has 1 atom stereocenters. The lowest BCUT2D eigenvalue weighted by Gasteiger charge is -2.26. The highest BCUT2D eigenvalue weighted by atomic mass is 19.1. The van der Waals surface area contributed by atoms with E-state index in [-0.39, 0.29) is 11.6 Å². The van der Waals surface area contributed by atoms with Gasteiger partial charge in [-0.15, -0.1) is 0 Å². The zero-order chi connectivity index (χ0) is 15.3. The second-order valence-corrected chi connectivity index (χ2v) is 5.79. The summed E-state index contributed by atoms with van der Waals surface area (Å²) in [5.74, 6) is -0.942. The number of hydrogen-bond acceptors (Lipinski definition) is 3. The van der Waals surface area contributed by atoms with Crippen molar-refractivity contribution in [3.05, 3.63) is 30.1 Å². The summed E-state index contributed by atoms with van der Waals surface area (Å²) >= 11 is 0. The first-order valence-corrected chi connectivity index (χ1v) is 7.40. The number of unbranched alkanes of at least 4 members (excludes halogenated alkanes) is 1. The first-order valence-electron chi connectivity index (χ1n) is 7.40. The van der Waals surface area contributed by atoms with Crippen molar-refractivity contribution in [2.24, 2.45) is 0 Å². The van der Waals surface area contributed by atoms with Gasteiger partial charge in [0, 0.05) is 6.04 Å². The highest BCUT2D eigenvalue weighted by molar-refractivity contribution is 5.78. The van der Waals surface area contributed by atoms with Crippen LogP contribution in [0.5, 0.6) is 5.75 Å². The Labute approximate surface area is 124 Å². The monoisotopic (exact) mass is 295 g/mol. The van der Waals surface area contributed by atoms with Crippen LogP contribution in [0, 0.1) is 5.82 Å². The first kappa shape index (κ1) is 15.8. The van der Waals surface area contributed by atoms with Crippen molar-refractivity contribution in [2.75, 3.05) is 6.61 Å². The predicted octanol–water partition coefficient (Wildman–Crippen LogP) is 2.97. The number of aliphatic carboxylic acids is 1. The summed E-state index contributed by atoms with van der Waals surface area (Å²) < 4.78 is 18.7. The lowest BCUT2D eigenvalue weighted by molar-refractivity contribution is -0.144. The van der Waals surface area contributed by atoms with Crippen LogP contribution in [0.4, 0.5) is 4.39 Å². The van der Waals surface area contributed by atoms with Gasteiger partial charge in [0.15, 0.2) is 11.6 Å². The molecular weight excluding hydrogens is 273 g/mol. The Balaban J connectivity index is 1.70. The van der Waals surface area contributed by atoms with Crippen LogP contribution in [0.15, 0.2) is 24.3 Å². The summed E-state index contributed by atoms with van der Waals surface area (Å²) in [5, 5.41) is 12.5. The molecule has 0 amide bonds. The Morgan fingerprint density at radius 3 is 2.76 bits per heavy atom. The molecule has 1 unspecified atom stereocenters. The van der Waals surface area contributed by atoms with Crippen molar-refractivity contribution >= 4 is 5.97 Å². The number of halogens is 1. The summed E-state index contributed by atoms with van der Waals surface area (Å²) in [6, 6.07) is 6.63. The van der Waals surface area contributed by atoms with Gasteiger partial charge in [-0.2, -0.15) is 0 Å². The number of ether oxygens (including phenoxy) is 1. The van der Waals surface area contributed by atoms with Crippen LogP contribution in [0.1, 0.15) is 39.0 Å². The van der Waals surface area contributed by atoms with Crippen LogP contribution in [0.2, 0.25) is 0 Å². The van der Waals surface area contributed by atoms with Gasteiger partial charge in [0.25, 0.3) is 0 Å². The smallest absolute Gasteiger partial charge is 0.323 e. The molecule has 0 spiro atoms. The van der Waals surface area contributed by atoms with E-state index in [4.69, 9.17) is 4.74 Å². The number of carboxylic acid groups (broad SMARTS) is 1. The Bertz CT molecular complexity index is 490. The molecule has 1 aliphatic rings. The summed E-state index contributed by atoms with van der Waals surface area (Å²) in [4.78, 5) is 11.4. The number of para-hydroxylation sites is 1. The standard InChI is InChI=1S/C16H22FNO3/c1-16(15(19)20,18-12-8-9-12)10-4-5-11-21-14-7-3-2-6-13(14)17/h2-3,6-7,12,18H,4-5,8-11H2,1H3,(H,19,20). The highest BCUT2D eigenvalue weighted by Gasteiger charge is 2.37. The van der Waals surface area contributed by atoms with Gasteiger partial charge in [0.05, 0.1) is 6.61 Å². The van der Waals surface area contributed by atoms with Crippen molar-refractivity contribution in [2.45, 2.75) is 50.6 Å². The van der Waals surface area contributed by atoms with Crippen LogP contribution in [-0.4, -0.2) is 29.3 Å². The number of carbonyl (C=O) groups is 1. The summed E-state index contributed by atoms with van der Waals surface area (Å²) in [5.41, 5.74) is -0.876. The van der Waals surface area contributed by atoms with Gasteiger partial charge in [-0.1, -0.05) is 12.1 Å². The molecule has 2 rings (SSSR count). The fourth-order valence-corrected chi connectivity index (χ4v) is 2.24. The van der Waals surface area contributed by atoms with Crippen LogP contribution in [-0.2, 0) is 4.79 Å². The van der Waals surface area contributed by atoms with Crippen molar-refractivity contribution < 1.29 is 19.0 Å². The molecule has 0 aliphatic heterocycles. The van der Waals surface area contributed by atoms with Gasteiger partial charge in [0.1, 0.15) is 5.54 Å². The van der Waals surface area contributed by atoms with E-state index in [1.54, 1.807) is 25.1 Å². The molecule has 0 heterocycles. The zero-order valence-corrected chi connectivity index (χ0v) is 12.3. The van der Waals surface area contributed by atoms with Crippen molar-refractivity contribution in [3.63, 3.8) is 0 Å². The van der Waals surface area contributed by atoms with Crippen molar-refractivity contribution in [1.29, 1.82) is 0 Å². The third kappa shape index (κ3) is 4.70. The Morgan fingerprint density at radius 1 is 1.43 bits per heavy atom. The maximum absolute atomic E-state index is 13.3. The first-order chi connectivity index (χ1) is 10.0. The molecule has 1 aliphatic carbocycles. The minimum absolute atomic E-state index is 0.245. The minimum atomic E-state index is -0.876. The molecule has 0 saturated heterocycles. The summed E-state index contributed by atoms with van der Waals surface area (Å²) in [6.45, 7) is 2.12. The molecule has 2 N–H and O–H groups in total. The van der Waals surface area contributed by atoms with Crippen LogP contribution < -0.4 is 10.1 Å². The van der Waals surface area contributed by atoms with Gasteiger partial charge in [-0.25, -0.2) is 4.39 Å². The second-order valence-electron chi connectivity index (χ2n) is 5.79. The molecule has 1 fully saturated rings. The van der Waals surface area contributed by atoms with E-state index in [2.05, 4.69) is 5.32 Å². The Kier molecular flexibility index (Phi) is 5.17. The van der Waals surface area contributed by atoms with E-state index in [1.807, 2.05) is 0 Å². The van der Waals surface area contributed by atoms with Gasteiger partial charge in [-0.3, -0.25) is 10.1 Å². The molecule has 1 saturated carbocycles. The largest absolute Gasteiger partial charge is 0.491 e. The topological polar surface area (TPSA) is 58.6 Å². The van der Waals surface area contributed by atoms with E-state index < -0.39 is 11.5 Å². The normalized spacial score (nSPS) is 17.2. The van der Waals surface area contributed by atoms with Crippen molar-refractivity contribution in [1.82, 2.24) is 5.32 Å². The molecule has 5 heteroatoms. The highest BCUT2D eigenvalue weighted by Crippen LogP contribution is 2.25. The van der Waals surface area contributed by atoms with Gasteiger partial charge in [-0.05, 0) is 51.2 Å². The number of carboxylic acids is 1. The molecule has 21 heavy (non-hydrogen) atoms. The third-order valence-corrected chi connectivity index (χ3v) is 3.74. The maximum Gasteiger partial charge on any atom is 0.323 e. The lowest BCUT2D eigenvalue weighted by atomic mass is 9.95. The predicted molar refractivity (Wildman–Crippen MR) is 77.9 cm³/mol. The van der Waals surface area contributed by atoms with E-state index in [1.165, 1.54) is 6.07 Å². The molecule has 1 aromatic rings. The van der Waals surface area contributed by atoms with Crippen LogP contribution in [0.25, 0.3) is 0 Å². The van der Waals surface area contributed by atoms with Gasteiger partial charge in [0.2, 0.25) is 0 Å². The number of benzene rings is 1. The fourth-order valence-electron chi connectivity index (χ4n) is 2.24. The SMILES string of the molecule is CC(CCCCOc1ccccc1F)(NC1CC1)C(=O)O. The number of rotatable bonds is 9. The second kappa shape index (κ2) is 6.89. The Morgan fingerprint density at radius 2 is 2.14 bits per heavy atom. The average Bonchev–Trinajstić information content (AvgIpc) is 3.24.